The number of aromatic nitrogens is 2. The first-order valence-corrected chi connectivity index (χ1v) is 13.6. The molecule has 0 saturated heterocycles. The van der Waals surface area contributed by atoms with Crippen molar-refractivity contribution in [2.75, 3.05) is 0 Å². The van der Waals surface area contributed by atoms with Crippen LogP contribution in [-0.2, 0) is 0 Å². The van der Waals surface area contributed by atoms with Gasteiger partial charge in [0.15, 0.2) is 11.2 Å². The molecule has 6 heteroatoms. The Morgan fingerprint density at radius 3 is 1.23 bits per heavy atom. The first-order valence-electron chi connectivity index (χ1n) is 13.6. The molecule has 6 rings (SSSR count). The van der Waals surface area contributed by atoms with Crippen LogP contribution in [-0.4, -0.2) is 22.2 Å². The van der Waals surface area contributed by atoms with Gasteiger partial charge in [-0.1, -0.05) is 24.3 Å². The van der Waals surface area contributed by atoms with Crippen molar-refractivity contribution in [3.05, 3.63) is 83.9 Å². The van der Waals surface area contributed by atoms with Gasteiger partial charge in [-0.2, -0.15) is 0 Å². The van der Waals surface area contributed by atoms with Crippen molar-refractivity contribution < 1.29 is 18.3 Å². The van der Waals surface area contributed by atoms with Gasteiger partial charge in [-0.25, -0.2) is 9.97 Å². The minimum Gasteiger partial charge on any atom is -0.491 e. The van der Waals surface area contributed by atoms with E-state index in [4.69, 9.17) is 28.3 Å². The molecule has 0 bridgehead atoms. The summed E-state index contributed by atoms with van der Waals surface area (Å²) in [5, 5.41) is 0. The Kier molecular flexibility index (Phi) is 6.54. The van der Waals surface area contributed by atoms with E-state index in [1.165, 1.54) is 0 Å². The molecule has 0 aliphatic carbocycles. The summed E-state index contributed by atoms with van der Waals surface area (Å²) in [5.41, 5.74) is 9.16. The van der Waals surface area contributed by atoms with Gasteiger partial charge in [0.1, 0.15) is 22.5 Å². The average Bonchev–Trinajstić information content (AvgIpc) is 3.52. The van der Waals surface area contributed by atoms with Crippen molar-refractivity contribution in [1.82, 2.24) is 9.97 Å². The fourth-order valence-corrected chi connectivity index (χ4v) is 4.73. The highest BCUT2D eigenvalue weighted by atomic mass is 16.5. The van der Waals surface area contributed by atoms with Crippen molar-refractivity contribution in [2.24, 2.45) is 0 Å². The molecule has 0 N–H and O–H groups in total. The second-order valence-electron chi connectivity index (χ2n) is 10.7. The number of hydrogen-bond acceptors (Lipinski definition) is 6. The third kappa shape index (κ3) is 5.05. The molecule has 4 aromatic carbocycles. The SMILES string of the molecule is Cc1cc2oc(-c3ccc(-c4ccc(-c5nc6cc(OC(C)C)c(C)cc6o5)cc4)cc3)nc2cc1OC(C)C. The number of aryl methyl sites for hydroxylation is 2. The molecule has 0 atom stereocenters. The zero-order valence-electron chi connectivity index (χ0n) is 23.6. The summed E-state index contributed by atoms with van der Waals surface area (Å²) < 4.78 is 24.0. The summed E-state index contributed by atoms with van der Waals surface area (Å²) in [6.07, 6.45) is 0.197. The van der Waals surface area contributed by atoms with E-state index in [1.807, 2.05) is 90.1 Å². The van der Waals surface area contributed by atoms with Crippen molar-refractivity contribution in [2.45, 2.75) is 53.8 Å². The zero-order chi connectivity index (χ0) is 28.0. The predicted molar refractivity (Wildman–Crippen MR) is 159 cm³/mol. The van der Waals surface area contributed by atoms with E-state index < -0.39 is 0 Å². The van der Waals surface area contributed by atoms with Crippen LogP contribution in [0.5, 0.6) is 11.5 Å². The molecule has 2 heterocycles. The van der Waals surface area contributed by atoms with Crippen LogP contribution in [0.2, 0.25) is 0 Å². The summed E-state index contributed by atoms with van der Waals surface area (Å²) in [6, 6.07) is 24.3. The fourth-order valence-electron chi connectivity index (χ4n) is 4.73. The van der Waals surface area contributed by atoms with E-state index in [-0.39, 0.29) is 12.2 Å². The van der Waals surface area contributed by atoms with Gasteiger partial charge >= 0.3 is 0 Å². The van der Waals surface area contributed by atoms with Crippen molar-refractivity contribution in [1.29, 1.82) is 0 Å². The highest BCUT2D eigenvalue weighted by Crippen LogP contribution is 2.33. The summed E-state index contributed by atoms with van der Waals surface area (Å²) in [7, 11) is 0. The van der Waals surface area contributed by atoms with Crippen LogP contribution >= 0.6 is 0 Å². The van der Waals surface area contributed by atoms with Crippen LogP contribution < -0.4 is 9.47 Å². The molecule has 202 valence electrons. The second kappa shape index (κ2) is 10.2. The van der Waals surface area contributed by atoms with E-state index >= 15 is 0 Å². The lowest BCUT2D eigenvalue weighted by molar-refractivity contribution is 0.241. The third-order valence-corrected chi connectivity index (χ3v) is 6.69. The third-order valence-electron chi connectivity index (χ3n) is 6.69. The average molecular weight is 533 g/mol. The first-order chi connectivity index (χ1) is 19.2. The molecule has 40 heavy (non-hydrogen) atoms. The Balaban J connectivity index is 1.22. The van der Waals surface area contributed by atoms with Crippen LogP contribution in [0.1, 0.15) is 38.8 Å². The maximum absolute atomic E-state index is 6.07. The van der Waals surface area contributed by atoms with Gasteiger partial charge in [-0.15, -0.1) is 0 Å². The molecule has 6 nitrogen and oxygen atoms in total. The Labute approximate surface area is 233 Å². The maximum Gasteiger partial charge on any atom is 0.227 e. The normalized spacial score (nSPS) is 11.7. The van der Waals surface area contributed by atoms with Gasteiger partial charge in [-0.05, 0) is 100 Å². The molecule has 0 spiro atoms. The summed E-state index contributed by atoms with van der Waals surface area (Å²) >= 11 is 0. The molecule has 0 unspecified atom stereocenters. The molecule has 0 aliphatic heterocycles. The van der Waals surface area contributed by atoms with Crippen LogP contribution in [0.25, 0.3) is 56.2 Å². The molecule has 0 radical (unpaired) electrons. The lowest BCUT2D eigenvalue weighted by Gasteiger charge is -2.11. The monoisotopic (exact) mass is 532 g/mol. The number of benzene rings is 4. The smallest absolute Gasteiger partial charge is 0.227 e. The lowest BCUT2D eigenvalue weighted by Crippen LogP contribution is -2.06. The highest BCUT2D eigenvalue weighted by Gasteiger charge is 2.14. The molecule has 0 fully saturated rings. The molecule has 0 saturated carbocycles. The quantitative estimate of drug-likeness (QED) is 0.204. The van der Waals surface area contributed by atoms with Crippen LogP contribution in [0.15, 0.2) is 81.6 Å². The fraction of sp³-hybridized carbons (Fsp3) is 0.235. The van der Waals surface area contributed by atoms with Gasteiger partial charge in [0, 0.05) is 23.3 Å². The highest BCUT2D eigenvalue weighted by molar-refractivity contribution is 5.81. The maximum atomic E-state index is 6.07. The lowest BCUT2D eigenvalue weighted by atomic mass is 10.0. The van der Waals surface area contributed by atoms with Gasteiger partial charge in [-0.3, -0.25) is 0 Å². The van der Waals surface area contributed by atoms with Crippen molar-refractivity contribution in [3.8, 4) is 45.5 Å². The summed E-state index contributed by atoms with van der Waals surface area (Å²) in [4.78, 5) is 9.42. The number of ether oxygens (including phenoxy) is 2. The Morgan fingerprint density at radius 2 is 0.875 bits per heavy atom. The Morgan fingerprint density at radius 1 is 0.525 bits per heavy atom. The molecule has 0 amide bonds. The minimum absolute atomic E-state index is 0.0984. The van der Waals surface area contributed by atoms with Gasteiger partial charge in [0.25, 0.3) is 0 Å². The largest absolute Gasteiger partial charge is 0.491 e. The van der Waals surface area contributed by atoms with Crippen LogP contribution in [0.3, 0.4) is 0 Å². The van der Waals surface area contributed by atoms with Crippen LogP contribution in [0, 0.1) is 13.8 Å². The standard InChI is InChI=1S/C34H32N2O4/c1-19(2)37-29-17-27-31(15-21(29)5)39-33(35-27)25-11-7-23(8-12-25)24-9-13-26(14-10-24)34-36-28-18-30(38-20(3)4)22(6)16-32(28)40-34/h7-20H,1-6H3. The number of hydrogen-bond donors (Lipinski definition) is 0. The van der Waals surface area contributed by atoms with Crippen molar-refractivity contribution in [3.63, 3.8) is 0 Å². The Hall–Kier alpha value is -4.58. The van der Waals surface area contributed by atoms with E-state index in [0.29, 0.717) is 11.8 Å². The molecule has 2 aromatic heterocycles. The number of rotatable bonds is 7. The number of nitrogens with zero attached hydrogens (tertiary/aromatic N) is 2. The van der Waals surface area contributed by atoms with E-state index in [2.05, 4.69) is 24.3 Å². The van der Waals surface area contributed by atoms with Gasteiger partial charge < -0.3 is 18.3 Å². The first kappa shape index (κ1) is 25.7. The number of fused-ring (bicyclic) bond motifs is 2. The van der Waals surface area contributed by atoms with Gasteiger partial charge in [0.2, 0.25) is 11.8 Å². The van der Waals surface area contributed by atoms with Gasteiger partial charge in [0.05, 0.1) is 12.2 Å². The Bertz CT molecular complexity index is 1670. The number of oxazole rings is 2. The second-order valence-corrected chi connectivity index (χ2v) is 10.7. The topological polar surface area (TPSA) is 70.5 Å². The van der Waals surface area contributed by atoms with E-state index in [1.54, 1.807) is 0 Å². The molecular formula is C34H32N2O4. The molecular weight excluding hydrogens is 500 g/mol. The van der Waals surface area contributed by atoms with E-state index in [0.717, 1.165) is 67.1 Å². The molecule has 6 aromatic rings. The predicted octanol–water partition coefficient (Wildman–Crippen LogP) is 9.16. The van der Waals surface area contributed by atoms with E-state index in [9.17, 15) is 0 Å². The molecule has 0 aliphatic rings. The zero-order valence-corrected chi connectivity index (χ0v) is 23.6. The summed E-state index contributed by atoms with van der Waals surface area (Å²) in [6.45, 7) is 12.1. The minimum atomic E-state index is 0.0984. The van der Waals surface area contributed by atoms with Crippen molar-refractivity contribution >= 4 is 22.2 Å². The van der Waals surface area contributed by atoms with Crippen LogP contribution in [0.4, 0.5) is 0 Å². The summed E-state index contributed by atoms with van der Waals surface area (Å²) in [5.74, 6) is 2.84.